The minimum absolute atomic E-state index is 0.227. The molecule has 0 radical (unpaired) electrons. The Bertz CT molecular complexity index is 1000. The summed E-state index contributed by atoms with van der Waals surface area (Å²) in [6.07, 6.45) is 4.39. The second kappa shape index (κ2) is 9.24. The van der Waals surface area contributed by atoms with Crippen LogP contribution < -0.4 is 0 Å². The number of esters is 1. The fraction of sp³-hybridized carbons (Fsp3) is 0.250. The lowest BCUT2D eigenvalue weighted by atomic mass is 10.0. The summed E-state index contributed by atoms with van der Waals surface area (Å²) < 4.78 is 9.91. The first-order valence-corrected chi connectivity index (χ1v) is 9.40. The number of carbonyl (C=O) groups is 1. The van der Waals surface area contributed by atoms with Crippen molar-refractivity contribution in [3.63, 3.8) is 0 Å². The molecule has 0 amide bonds. The van der Waals surface area contributed by atoms with Gasteiger partial charge in [0.25, 0.3) is 0 Å². The second-order valence-corrected chi connectivity index (χ2v) is 6.91. The van der Waals surface area contributed by atoms with Crippen molar-refractivity contribution in [3.05, 3.63) is 82.1 Å². The van der Waals surface area contributed by atoms with Crippen molar-refractivity contribution < 1.29 is 19.1 Å². The highest BCUT2D eigenvalue weighted by Crippen LogP contribution is 2.27. The van der Waals surface area contributed by atoms with Gasteiger partial charge in [0, 0.05) is 5.56 Å². The Hall–Kier alpha value is -3.34. The molecule has 0 aromatic heterocycles. The summed E-state index contributed by atoms with van der Waals surface area (Å²) in [5.41, 5.74) is 7.63. The van der Waals surface area contributed by atoms with E-state index in [-0.39, 0.29) is 6.61 Å². The first-order valence-electron chi connectivity index (χ1n) is 9.40. The van der Waals surface area contributed by atoms with E-state index in [1.807, 2.05) is 31.2 Å². The topological polar surface area (TPSA) is 57.1 Å². The number of carbonyl (C=O) groups excluding carboxylic acids is 1. The van der Waals surface area contributed by atoms with Crippen molar-refractivity contribution in [1.29, 1.82) is 0 Å². The minimum atomic E-state index is -0.469. The van der Waals surface area contributed by atoms with Gasteiger partial charge < -0.3 is 14.3 Å². The first kappa shape index (κ1) is 20.4. The Morgan fingerprint density at radius 3 is 2.72 bits per heavy atom. The van der Waals surface area contributed by atoms with Gasteiger partial charge in [-0.15, -0.1) is 0 Å². The average Bonchev–Trinajstić information content (AvgIpc) is 3.15. The van der Waals surface area contributed by atoms with Crippen LogP contribution in [0.4, 0.5) is 0 Å². The predicted octanol–water partition coefficient (Wildman–Crippen LogP) is 4.69. The van der Waals surface area contributed by atoms with Crippen LogP contribution in [0.2, 0.25) is 0 Å². The van der Waals surface area contributed by atoms with E-state index < -0.39 is 5.97 Å². The van der Waals surface area contributed by atoms with E-state index in [0.29, 0.717) is 11.1 Å². The molecule has 2 aromatic carbocycles. The number of hydrogen-bond donors (Lipinski definition) is 0. The smallest absolute Gasteiger partial charge is 0.341 e. The van der Waals surface area contributed by atoms with Gasteiger partial charge in [-0.05, 0) is 48.6 Å². The Morgan fingerprint density at radius 1 is 1.17 bits per heavy atom. The van der Waals surface area contributed by atoms with E-state index in [1.165, 1.54) is 37.2 Å². The summed E-state index contributed by atoms with van der Waals surface area (Å²) in [6, 6.07) is 13.9. The van der Waals surface area contributed by atoms with E-state index >= 15 is 0 Å². The molecule has 2 aromatic rings. The van der Waals surface area contributed by atoms with Gasteiger partial charge in [0.2, 0.25) is 0 Å². The van der Waals surface area contributed by atoms with Crippen LogP contribution in [0.15, 0.2) is 59.5 Å². The van der Waals surface area contributed by atoms with E-state index in [4.69, 9.17) is 14.3 Å². The molecule has 0 saturated heterocycles. The Balaban J connectivity index is 1.73. The third-order valence-electron chi connectivity index (χ3n) is 4.84. The molecule has 0 aliphatic heterocycles. The lowest BCUT2D eigenvalue weighted by molar-refractivity contribution is -0.133. The van der Waals surface area contributed by atoms with Crippen LogP contribution in [-0.4, -0.2) is 25.9 Å². The van der Waals surface area contributed by atoms with Crippen LogP contribution in [0.3, 0.4) is 0 Å². The molecule has 3 rings (SSSR count). The summed E-state index contributed by atoms with van der Waals surface area (Å²) >= 11 is 0. The summed E-state index contributed by atoms with van der Waals surface area (Å²) in [7, 11) is 2.83. The van der Waals surface area contributed by atoms with E-state index in [1.54, 1.807) is 0 Å². The van der Waals surface area contributed by atoms with Crippen LogP contribution in [-0.2, 0) is 32.1 Å². The molecule has 0 N–H and O–H groups in total. The van der Waals surface area contributed by atoms with Crippen LogP contribution in [0.25, 0.3) is 11.6 Å². The van der Waals surface area contributed by atoms with Crippen LogP contribution in [0.5, 0.6) is 0 Å². The lowest BCUT2D eigenvalue weighted by Crippen LogP contribution is -2.07. The number of oxime groups is 1. The molecule has 0 unspecified atom stereocenters. The molecule has 5 nitrogen and oxygen atoms in total. The quantitative estimate of drug-likeness (QED) is 0.226. The van der Waals surface area contributed by atoms with Gasteiger partial charge in [-0.1, -0.05) is 53.2 Å². The van der Waals surface area contributed by atoms with Crippen molar-refractivity contribution in [1.82, 2.24) is 0 Å². The van der Waals surface area contributed by atoms with Gasteiger partial charge in [-0.25, -0.2) is 4.79 Å². The van der Waals surface area contributed by atoms with E-state index in [0.717, 1.165) is 23.3 Å². The summed E-state index contributed by atoms with van der Waals surface area (Å²) in [6.45, 7) is 4.27. The summed E-state index contributed by atoms with van der Waals surface area (Å²) in [4.78, 5) is 17.7. The SMILES string of the molecule is CO/C=C(/C(=O)OC)c1ccccc1CO/N=C(\C)C1=Cc2ccc(C)cc2C1. The number of nitrogens with zero attached hydrogens (tertiary/aromatic N) is 1. The fourth-order valence-electron chi connectivity index (χ4n) is 3.32. The van der Waals surface area contributed by atoms with Crippen LogP contribution in [0.1, 0.15) is 34.7 Å². The molecular formula is C24H25NO4. The van der Waals surface area contributed by atoms with E-state index in [9.17, 15) is 4.79 Å². The third-order valence-corrected chi connectivity index (χ3v) is 4.84. The van der Waals surface area contributed by atoms with E-state index in [2.05, 4.69) is 36.4 Å². The van der Waals surface area contributed by atoms with Crippen LogP contribution >= 0.6 is 0 Å². The normalized spacial score (nSPS) is 13.6. The predicted molar refractivity (Wildman–Crippen MR) is 114 cm³/mol. The zero-order valence-electron chi connectivity index (χ0n) is 17.2. The van der Waals surface area contributed by atoms with Crippen molar-refractivity contribution in [3.8, 4) is 0 Å². The third kappa shape index (κ3) is 4.74. The van der Waals surface area contributed by atoms with Gasteiger partial charge >= 0.3 is 5.97 Å². The zero-order chi connectivity index (χ0) is 20.8. The minimum Gasteiger partial charge on any atom is -0.503 e. The number of fused-ring (bicyclic) bond motifs is 1. The van der Waals surface area contributed by atoms with Crippen molar-refractivity contribution >= 4 is 23.3 Å². The van der Waals surface area contributed by atoms with Gasteiger partial charge in [0.05, 0.1) is 26.2 Å². The fourth-order valence-corrected chi connectivity index (χ4v) is 3.32. The Labute approximate surface area is 171 Å². The number of rotatable bonds is 7. The number of benzene rings is 2. The molecule has 0 bridgehead atoms. The zero-order valence-corrected chi connectivity index (χ0v) is 17.2. The van der Waals surface area contributed by atoms with Crippen molar-refractivity contribution in [2.75, 3.05) is 14.2 Å². The molecule has 0 saturated carbocycles. The number of aryl methyl sites for hydroxylation is 1. The highest BCUT2D eigenvalue weighted by Gasteiger charge is 2.17. The summed E-state index contributed by atoms with van der Waals surface area (Å²) in [5, 5.41) is 4.30. The van der Waals surface area contributed by atoms with Gasteiger partial charge in [-0.3, -0.25) is 0 Å². The maximum atomic E-state index is 12.1. The molecule has 29 heavy (non-hydrogen) atoms. The highest BCUT2D eigenvalue weighted by molar-refractivity contribution is 6.16. The molecule has 0 atom stereocenters. The van der Waals surface area contributed by atoms with Gasteiger partial charge in [0.15, 0.2) is 0 Å². The highest BCUT2D eigenvalue weighted by atomic mass is 16.6. The monoisotopic (exact) mass is 391 g/mol. The standard InChI is InChI=1S/C24H25NO4/c1-16-9-10-18-12-20(13-21(18)11-16)17(2)25-29-14-19-7-5-6-8-22(19)23(15-27-3)24(26)28-4/h5-12,15H,13-14H2,1-4H3/b23-15+,25-17+. The Kier molecular flexibility index (Phi) is 6.50. The number of hydrogen-bond acceptors (Lipinski definition) is 5. The summed E-state index contributed by atoms with van der Waals surface area (Å²) in [5.74, 6) is -0.469. The Morgan fingerprint density at radius 2 is 1.97 bits per heavy atom. The average molecular weight is 391 g/mol. The maximum Gasteiger partial charge on any atom is 0.341 e. The molecule has 0 heterocycles. The first-order chi connectivity index (χ1) is 14.0. The number of ether oxygens (including phenoxy) is 2. The van der Waals surface area contributed by atoms with Crippen LogP contribution in [0, 0.1) is 6.92 Å². The molecule has 0 fully saturated rings. The molecule has 150 valence electrons. The van der Waals surface area contributed by atoms with Gasteiger partial charge in [-0.2, -0.15) is 0 Å². The molecular weight excluding hydrogens is 366 g/mol. The number of methoxy groups -OCH3 is 2. The number of allylic oxidation sites excluding steroid dienone is 1. The largest absolute Gasteiger partial charge is 0.503 e. The molecule has 5 heteroatoms. The lowest BCUT2D eigenvalue weighted by Gasteiger charge is -2.11. The van der Waals surface area contributed by atoms with Gasteiger partial charge in [0.1, 0.15) is 12.2 Å². The second-order valence-electron chi connectivity index (χ2n) is 6.91. The molecule has 1 aliphatic rings. The molecule has 0 spiro atoms. The van der Waals surface area contributed by atoms with Crippen molar-refractivity contribution in [2.45, 2.75) is 26.9 Å². The molecule has 1 aliphatic carbocycles. The maximum absolute atomic E-state index is 12.1. The van der Waals surface area contributed by atoms with Crippen molar-refractivity contribution in [2.24, 2.45) is 5.16 Å².